The second-order valence-corrected chi connectivity index (χ2v) is 6.07. The van der Waals surface area contributed by atoms with Crippen molar-refractivity contribution in [2.75, 3.05) is 18.4 Å². The zero-order chi connectivity index (χ0) is 15.7. The van der Waals surface area contributed by atoms with Crippen molar-refractivity contribution in [2.24, 2.45) is 0 Å². The van der Waals surface area contributed by atoms with Gasteiger partial charge in [0.05, 0.1) is 11.2 Å². The molecule has 2 aromatic heterocycles. The number of hydrogen-bond donors (Lipinski definition) is 2. The van der Waals surface area contributed by atoms with Crippen LogP contribution < -0.4 is 10.6 Å². The molecule has 3 heterocycles. The predicted octanol–water partition coefficient (Wildman–Crippen LogP) is 4.28. The molecule has 1 amide bonds. The zero-order valence-corrected chi connectivity index (χ0v) is 13.9. The van der Waals surface area contributed by atoms with Gasteiger partial charge in [0.2, 0.25) is 0 Å². The fourth-order valence-electron chi connectivity index (χ4n) is 2.55. The summed E-state index contributed by atoms with van der Waals surface area (Å²) in [6.07, 6.45) is 0. The molecule has 0 saturated heterocycles. The molecule has 4 rings (SSSR count). The van der Waals surface area contributed by atoms with Gasteiger partial charge in [0.1, 0.15) is 10.0 Å². The fourth-order valence-corrected chi connectivity index (χ4v) is 3.81. The van der Waals surface area contributed by atoms with Gasteiger partial charge in [-0.15, -0.1) is 11.3 Å². The van der Waals surface area contributed by atoms with Crippen LogP contribution in [0.15, 0.2) is 24.3 Å². The Labute approximate surface area is 137 Å². The molecule has 1 aliphatic rings. The third-order valence-corrected chi connectivity index (χ3v) is 4.77. The molecule has 0 radical (unpaired) electrons. The summed E-state index contributed by atoms with van der Waals surface area (Å²) in [5.41, 5.74) is 1.76. The Morgan fingerprint density at radius 3 is 2.73 bits per heavy atom. The van der Waals surface area contributed by atoms with Gasteiger partial charge in [0.15, 0.2) is 0 Å². The number of carbonyl (C=O) groups excluding carboxylic acids is 1. The van der Waals surface area contributed by atoms with Crippen molar-refractivity contribution in [3.63, 3.8) is 0 Å². The summed E-state index contributed by atoms with van der Waals surface area (Å²) >= 11 is 7.45. The number of nitrogens with one attached hydrogen (secondary N) is 2. The highest BCUT2D eigenvalue weighted by molar-refractivity contribution is 7.21. The number of fused-ring (bicyclic) bond motifs is 5. The van der Waals surface area contributed by atoms with Gasteiger partial charge < -0.3 is 10.6 Å². The van der Waals surface area contributed by atoms with E-state index < -0.39 is 0 Å². The summed E-state index contributed by atoms with van der Waals surface area (Å²) in [6.45, 7) is 5.36. The fraction of sp³-hybridized carbons (Fsp3) is 0.250. The average molecular weight is 334 g/mol. The van der Waals surface area contributed by atoms with Crippen LogP contribution in [-0.2, 0) is 0 Å². The number of rotatable bonds is 0. The van der Waals surface area contributed by atoms with E-state index in [1.54, 1.807) is 6.07 Å². The molecule has 1 aromatic carbocycles. The summed E-state index contributed by atoms with van der Waals surface area (Å²) < 4.78 is 1.08. The minimum atomic E-state index is -0.0127. The summed E-state index contributed by atoms with van der Waals surface area (Å²) in [6, 6.07) is 7.68. The molecular weight excluding hydrogens is 318 g/mol. The number of thiophene rings is 1. The number of nitrogens with zero attached hydrogens (tertiary/aromatic N) is 1. The normalized spacial score (nSPS) is 13.7. The number of pyridine rings is 1. The maximum absolute atomic E-state index is 12.1. The Bertz CT molecular complexity index is 859. The molecule has 1 aliphatic heterocycles. The highest BCUT2D eigenvalue weighted by Gasteiger charge is 2.22. The molecule has 114 valence electrons. The molecule has 2 N–H and O–H groups in total. The van der Waals surface area contributed by atoms with Gasteiger partial charge in [-0.1, -0.05) is 25.4 Å². The van der Waals surface area contributed by atoms with Crippen LogP contribution in [0.3, 0.4) is 0 Å². The van der Waals surface area contributed by atoms with Crippen LogP contribution >= 0.6 is 22.9 Å². The first-order valence-corrected chi connectivity index (χ1v) is 8.47. The maximum atomic E-state index is 12.1. The van der Waals surface area contributed by atoms with Gasteiger partial charge in [-0.25, -0.2) is 4.98 Å². The van der Waals surface area contributed by atoms with E-state index in [9.17, 15) is 4.79 Å². The van der Waals surface area contributed by atoms with Gasteiger partial charge in [-0.05, 0) is 24.3 Å². The Morgan fingerprint density at radius 1 is 1.14 bits per heavy atom. The number of anilines is 1. The molecule has 22 heavy (non-hydrogen) atoms. The van der Waals surface area contributed by atoms with Gasteiger partial charge in [0.25, 0.3) is 5.91 Å². The quantitative estimate of drug-likeness (QED) is 0.603. The molecule has 0 fully saturated rings. The smallest absolute Gasteiger partial charge is 0.263 e. The zero-order valence-electron chi connectivity index (χ0n) is 12.4. The van der Waals surface area contributed by atoms with Crippen LogP contribution in [0, 0.1) is 0 Å². The van der Waals surface area contributed by atoms with E-state index in [4.69, 9.17) is 11.6 Å². The van der Waals surface area contributed by atoms with Crippen molar-refractivity contribution in [1.29, 1.82) is 0 Å². The van der Waals surface area contributed by atoms with Crippen LogP contribution in [0.5, 0.6) is 0 Å². The van der Waals surface area contributed by atoms with Gasteiger partial charge in [-0.2, -0.15) is 0 Å². The Kier molecular flexibility index (Phi) is 4.18. The number of benzene rings is 1. The Balaban J connectivity index is 0.000000693. The van der Waals surface area contributed by atoms with Crippen molar-refractivity contribution in [3.8, 4) is 0 Å². The Morgan fingerprint density at radius 2 is 1.91 bits per heavy atom. The second kappa shape index (κ2) is 6.10. The second-order valence-electron chi connectivity index (χ2n) is 4.63. The molecule has 0 atom stereocenters. The molecule has 0 spiro atoms. The number of carbonyl (C=O) groups is 1. The lowest BCUT2D eigenvalue weighted by Gasteiger charge is -2.05. The van der Waals surface area contributed by atoms with E-state index in [-0.39, 0.29) is 5.91 Å². The summed E-state index contributed by atoms with van der Waals surface area (Å²) in [5, 5.41) is 8.80. The highest BCUT2D eigenvalue weighted by Crippen LogP contribution is 2.40. The minimum absolute atomic E-state index is 0.0127. The molecule has 3 aromatic rings. The van der Waals surface area contributed by atoms with Crippen LogP contribution in [0.25, 0.3) is 21.0 Å². The third kappa shape index (κ3) is 2.40. The monoisotopic (exact) mass is 333 g/mol. The molecule has 6 heteroatoms. The SMILES string of the molecule is CC.O=C1NCCNc2c1sc1ccc3nc(Cl)ccc3c21. The van der Waals surface area contributed by atoms with Crippen LogP contribution in [0.1, 0.15) is 23.5 Å². The van der Waals surface area contributed by atoms with E-state index in [1.807, 2.05) is 32.0 Å². The van der Waals surface area contributed by atoms with Crippen molar-refractivity contribution in [3.05, 3.63) is 34.3 Å². The van der Waals surface area contributed by atoms with Gasteiger partial charge >= 0.3 is 0 Å². The number of halogens is 1. The van der Waals surface area contributed by atoms with Crippen LogP contribution in [0.4, 0.5) is 5.69 Å². The minimum Gasteiger partial charge on any atom is -0.381 e. The molecule has 4 nitrogen and oxygen atoms in total. The predicted molar refractivity (Wildman–Crippen MR) is 94.3 cm³/mol. The summed E-state index contributed by atoms with van der Waals surface area (Å²) in [7, 11) is 0. The average Bonchev–Trinajstić information content (AvgIpc) is 2.82. The lowest BCUT2D eigenvalue weighted by molar-refractivity contribution is 0.0962. The molecule has 0 bridgehead atoms. The topological polar surface area (TPSA) is 54.0 Å². The van der Waals surface area contributed by atoms with E-state index in [2.05, 4.69) is 15.6 Å². The first kappa shape index (κ1) is 15.1. The lowest BCUT2D eigenvalue weighted by atomic mass is 10.1. The summed E-state index contributed by atoms with van der Waals surface area (Å²) in [5.74, 6) is -0.0127. The van der Waals surface area contributed by atoms with E-state index in [0.717, 1.165) is 38.1 Å². The van der Waals surface area contributed by atoms with E-state index in [0.29, 0.717) is 11.7 Å². The standard InChI is InChI=1S/C14H10ClN3OS.C2H6/c15-10-4-1-7-8(18-10)2-3-9-11(7)12-13(20-9)14(19)17-6-5-16-12;1-2/h1-4,16H,5-6H2,(H,17,19);1-2H3. The van der Waals surface area contributed by atoms with Crippen molar-refractivity contribution in [1.82, 2.24) is 10.3 Å². The van der Waals surface area contributed by atoms with Crippen molar-refractivity contribution in [2.45, 2.75) is 13.8 Å². The van der Waals surface area contributed by atoms with Crippen molar-refractivity contribution < 1.29 is 4.79 Å². The molecule has 0 unspecified atom stereocenters. The number of hydrogen-bond acceptors (Lipinski definition) is 4. The number of aromatic nitrogens is 1. The van der Waals surface area contributed by atoms with E-state index >= 15 is 0 Å². The van der Waals surface area contributed by atoms with E-state index in [1.165, 1.54) is 11.3 Å². The number of amides is 1. The summed E-state index contributed by atoms with van der Waals surface area (Å²) in [4.78, 5) is 17.2. The van der Waals surface area contributed by atoms with Gasteiger partial charge in [-0.3, -0.25) is 4.79 Å². The maximum Gasteiger partial charge on any atom is 0.263 e. The van der Waals surface area contributed by atoms with Crippen LogP contribution in [-0.4, -0.2) is 24.0 Å². The van der Waals surface area contributed by atoms with Gasteiger partial charge in [0, 0.05) is 28.6 Å². The largest absolute Gasteiger partial charge is 0.381 e. The first-order valence-electron chi connectivity index (χ1n) is 7.28. The highest BCUT2D eigenvalue weighted by atomic mass is 35.5. The molecular formula is C16H16ClN3OS. The van der Waals surface area contributed by atoms with Crippen LogP contribution in [0.2, 0.25) is 5.15 Å². The molecule has 0 aliphatic carbocycles. The molecule has 0 saturated carbocycles. The Hall–Kier alpha value is -1.85. The third-order valence-electron chi connectivity index (χ3n) is 3.41. The lowest BCUT2D eigenvalue weighted by Crippen LogP contribution is -2.24. The van der Waals surface area contributed by atoms with Crippen molar-refractivity contribution >= 4 is 55.5 Å². The first-order chi connectivity index (χ1) is 10.7.